The predicted molar refractivity (Wildman–Crippen MR) is 101 cm³/mol. The Morgan fingerprint density at radius 1 is 1.24 bits per heavy atom. The Balaban J connectivity index is 1.91. The quantitative estimate of drug-likeness (QED) is 0.771. The fourth-order valence-corrected chi connectivity index (χ4v) is 5.17. The van der Waals surface area contributed by atoms with Crippen LogP contribution in [0.25, 0.3) is 0 Å². The Morgan fingerprint density at radius 3 is 2.52 bits per heavy atom. The molecular formula is C20H26BrNO3. The zero-order valence-corrected chi connectivity index (χ0v) is 16.7. The fourth-order valence-electron chi connectivity index (χ4n) is 4.33. The van der Waals surface area contributed by atoms with Gasteiger partial charge in [-0.1, -0.05) is 28.9 Å². The van der Waals surface area contributed by atoms with Crippen molar-refractivity contribution in [2.24, 2.45) is 0 Å². The van der Waals surface area contributed by atoms with E-state index in [4.69, 9.17) is 4.74 Å². The van der Waals surface area contributed by atoms with E-state index in [1.165, 1.54) is 0 Å². The molecule has 1 N–H and O–H groups in total. The van der Waals surface area contributed by atoms with Crippen molar-refractivity contribution in [2.75, 3.05) is 6.61 Å². The van der Waals surface area contributed by atoms with Gasteiger partial charge in [-0.25, -0.2) is 0 Å². The fraction of sp³-hybridized carbons (Fsp3) is 0.600. The lowest BCUT2D eigenvalue weighted by Crippen LogP contribution is -2.50. The second-order valence-electron chi connectivity index (χ2n) is 7.20. The first-order valence-electron chi connectivity index (χ1n) is 9.18. The largest absolute Gasteiger partial charge is 0.379 e. The highest BCUT2D eigenvalue weighted by Gasteiger charge is 2.54. The van der Waals surface area contributed by atoms with E-state index in [0.717, 1.165) is 40.4 Å². The number of aryl methyl sites for hydroxylation is 2. The Labute approximate surface area is 157 Å². The number of ether oxygens (including phenoxy) is 1. The highest BCUT2D eigenvalue weighted by molar-refractivity contribution is 9.10. The van der Waals surface area contributed by atoms with E-state index in [2.05, 4.69) is 34.2 Å². The predicted octanol–water partition coefficient (Wildman–Crippen LogP) is 3.82. The third-order valence-corrected chi connectivity index (χ3v) is 6.23. The molecule has 2 fully saturated rings. The van der Waals surface area contributed by atoms with Crippen LogP contribution < -0.4 is 5.32 Å². The van der Waals surface area contributed by atoms with E-state index in [1.807, 2.05) is 19.9 Å². The molecule has 0 bridgehead atoms. The number of halogens is 1. The molecule has 5 heteroatoms. The number of rotatable bonds is 4. The van der Waals surface area contributed by atoms with E-state index in [-0.39, 0.29) is 17.8 Å². The Kier molecular flexibility index (Phi) is 5.35. The van der Waals surface area contributed by atoms with Crippen molar-refractivity contribution < 1.29 is 14.3 Å². The average molecular weight is 408 g/mol. The molecule has 1 saturated heterocycles. The summed E-state index contributed by atoms with van der Waals surface area (Å²) in [5, 5.41) is 3.06. The van der Waals surface area contributed by atoms with Crippen LogP contribution in [0.2, 0.25) is 0 Å². The molecule has 0 aromatic heterocycles. The Hall–Kier alpha value is -1.20. The van der Waals surface area contributed by atoms with Gasteiger partial charge in [-0.05, 0) is 68.7 Å². The molecule has 1 aromatic rings. The lowest BCUT2D eigenvalue weighted by atomic mass is 9.75. The van der Waals surface area contributed by atoms with Crippen LogP contribution in [0.3, 0.4) is 0 Å². The summed E-state index contributed by atoms with van der Waals surface area (Å²) in [6.07, 6.45) is 3.99. The van der Waals surface area contributed by atoms with Gasteiger partial charge in [0.05, 0.1) is 11.6 Å². The van der Waals surface area contributed by atoms with Gasteiger partial charge in [-0.3, -0.25) is 9.59 Å². The molecule has 1 saturated carbocycles. The molecule has 0 radical (unpaired) electrons. The summed E-state index contributed by atoms with van der Waals surface area (Å²) in [5.74, 6) is -0.820. The monoisotopic (exact) mass is 407 g/mol. The maximum Gasteiger partial charge on any atom is 0.236 e. The minimum Gasteiger partial charge on any atom is -0.379 e. The van der Waals surface area contributed by atoms with Gasteiger partial charge in [0.15, 0.2) is 5.78 Å². The summed E-state index contributed by atoms with van der Waals surface area (Å²) in [7, 11) is 0. The highest BCUT2D eigenvalue weighted by Crippen LogP contribution is 2.42. The topological polar surface area (TPSA) is 55.4 Å². The first kappa shape index (κ1) is 18.6. The molecule has 1 heterocycles. The number of carbonyl (C=O) groups is 2. The molecule has 25 heavy (non-hydrogen) atoms. The summed E-state index contributed by atoms with van der Waals surface area (Å²) < 4.78 is 6.56. The third-order valence-electron chi connectivity index (χ3n) is 5.58. The van der Waals surface area contributed by atoms with Crippen LogP contribution in [0.1, 0.15) is 62.1 Å². The van der Waals surface area contributed by atoms with Crippen molar-refractivity contribution in [1.82, 2.24) is 5.32 Å². The molecule has 1 aliphatic heterocycles. The summed E-state index contributed by atoms with van der Waals surface area (Å²) in [6, 6.07) is 4.07. The van der Waals surface area contributed by atoms with Crippen LogP contribution in [0.4, 0.5) is 0 Å². The number of Topliss-reactive ketones (excluding diaryl/α,β-unsaturated/α-hetero) is 1. The van der Waals surface area contributed by atoms with E-state index in [0.29, 0.717) is 19.4 Å². The van der Waals surface area contributed by atoms with Crippen molar-refractivity contribution in [2.45, 2.75) is 70.4 Å². The third kappa shape index (κ3) is 3.28. The van der Waals surface area contributed by atoms with Gasteiger partial charge in [-0.2, -0.15) is 0 Å². The number of carbonyl (C=O) groups excluding carboxylic acids is 2. The standard InChI is InChI=1S/C20H26BrNO3/c1-4-13-10-12(3)11-15(21)16(13)17-18(23)20(22-19(17)24)8-6-14(7-9-20)25-5-2/h10-11,14,17H,4-9H2,1-3H3,(H,22,24). The molecule has 1 amide bonds. The van der Waals surface area contributed by atoms with E-state index in [9.17, 15) is 9.59 Å². The number of amides is 1. The van der Waals surface area contributed by atoms with Gasteiger partial charge in [0.1, 0.15) is 5.92 Å². The zero-order valence-electron chi connectivity index (χ0n) is 15.2. The maximum absolute atomic E-state index is 13.3. The first-order valence-corrected chi connectivity index (χ1v) is 9.98. The minimum atomic E-state index is -0.704. The summed E-state index contributed by atoms with van der Waals surface area (Å²) in [6.45, 7) is 6.77. The Morgan fingerprint density at radius 2 is 1.92 bits per heavy atom. The van der Waals surface area contributed by atoms with Gasteiger partial charge in [0, 0.05) is 11.1 Å². The maximum atomic E-state index is 13.3. The Bertz CT molecular complexity index is 692. The van der Waals surface area contributed by atoms with Crippen LogP contribution in [0.5, 0.6) is 0 Å². The first-order chi connectivity index (χ1) is 11.9. The van der Waals surface area contributed by atoms with Crippen LogP contribution in [0, 0.1) is 6.92 Å². The molecule has 136 valence electrons. The lowest BCUT2D eigenvalue weighted by molar-refractivity contribution is -0.126. The number of hydrogen-bond acceptors (Lipinski definition) is 3. The van der Waals surface area contributed by atoms with Crippen molar-refractivity contribution in [3.8, 4) is 0 Å². The highest BCUT2D eigenvalue weighted by atomic mass is 79.9. The number of nitrogens with one attached hydrogen (secondary N) is 1. The number of ketones is 1. The van der Waals surface area contributed by atoms with Crippen LogP contribution in [0.15, 0.2) is 16.6 Å². The van der Waals surface area contributed by atoms with E-state index >= 15 is 0 Å². The molecule has 1 atom stereocenters. The molecule has 4 nitrogen and oxygen atoms in total. The van der Waals surface area contributed by atoms with Gasteiger partial charge in [0.25, 0.3) is 0 Å². The van der Waals surface area contributed by atoms with Crippen molar-refractivity contribution >= 4 is 27.6 Å². The van der Waals surface area contributed by atoms with Crippen LogP contribution >= 0.6 is 15.9 Å². The van der Waals surface area contributed by atoms with E-state index in [1.54, 1.807) is 0 Å². The zero-order chi connectivity index (χ0) is 18.2. The van der Waals surface area contributed by atoms with Crippen molar-refractivity contribution in [3.05, 3.63) is 33.3 Å². The second-order valence-corrected chi connectivity index (χ2v) is 8.05. The minimum absolute atomic E-state index is 0.0340. The molecule has 1 aromatic carbocycles. The SMILES string of the molecule is CCOC1CCC2(CC1)NC(=O)C(c1c(Br)cc(C)cc1CC)C2=O. The molecule has 2 aliphatic rings. The van der Waals surface area contributed by atoms with Gasteiger partial charge < -0.3 is 10.1 Å². The average Bonchev–Trinajstić information content (AvgIpc) is 2.80. The molecular weight excluding hydrogens is 382 g/mol. The number of benzene rings is 1. The van der Waals surface area contributed by atoms with Gasteiger partial charge >= 0.3 is 0 Å². The van der Waals surface area contributed by atoms with Gasteiger partial charge in [-0.15, -0.1) is 0 Å². The second kappa shape index (κ2) is 7.20. The van der Waals surface area contributed by atoms with E-state index < -0.39 is 11.5 Å². The van der Waals surface area contributed by atoms with Crippen molar-refractivity contribution in [1.29, 1.82) is 0 Å². The summed E-state index contributed by atoms with van der Waals surface area (Å²) >= 11 is 3.59. The number of hydrogen-bond donors (Lipinski definition) is 1. The van der Waals surface area contributed by atoms with Crippen LogP contribution in [-0.2, 0) is 20.7 Å². The summed E-state index contributed by atoms with van der Waals surface area (Å²) in [4.78, 5) is 26.1. The smallest absolute Gasteiger partial charge is 0.236 e. The molecule has 3 rings (SSSR count). The molecule has 1 spiro atoms. The molecule has 1 aliphatic carbocycles. The molecule has 1 unspecified atom stereocenters. The lowest BCUT2D eigenvalue weighted by Gasteiger charge is -2.35. The van der Waals surface area contributed by atoms with Crippen LogP contribution in [-0.4, -0.2) is 29.9 Å². The summed E-state index contributed by atoms with van der Waals surface area (Å²) in [5.41, 5.74) is 2.34. The normalized spacial score (nSPS) is 29.3. The van der Waals surface area contributed by atoms with Crippen molar-refractivity contribution in [3.63, 3.8) is 0 Å². The van der Waals surface area contributed by atoms with Gasteiger partial charge in [0.2, 0.25) is 5.91 Å².